The summed E-state index contributed by atoms with van der Waals surface area (Å²) in [5.74, 6) is -0.412. The summed E-state index contributed by atoms with van der Waals surface area (Å²) in [6, 6.07) is 6.15. The first-order valence-corrected chi connectivity index (χ1v) is 5.78. The predicted molar refractivity (Wildman–Crippen MR) is 65.3 cm³/mol. The van der Waals surface area contributed by atoms with Crippen LogP contribution in [0.1, 0.15) is 25.3 Å². The average molecular weight is 236 g/mol. The molecule has 1 aromatic rings. The number of unbranched alkanes of at least 4 members (excludes halogenated alkanes) is 1. The van der Waals surface area contributed by atoms with E-state index in [9.17, 15) is 4.39 Å². The predicted octanol–water partition coefficient (Wildman–Crippen LogP) is 2.30. The molecule has 0 aliphatic carbocycles. The number of halogens is 1. The van der Waals surface area contributed by atoms with Crippen molar-refractivity contribution >= 4 is 5.69 Å². The molecule has 4 heteroatoms. The number of benzene rings is 1. The molecule has 3 nitrogen and oxygen atoms in total. The maximum Gasteiger partial charge on any atom is 0.124 e. The van der Waals surface area contributed by atoms with Crippen molar-refractivity contribution in [2.75, 3.05) is 24.6 Å². The first kappa shape index (κ1) is 13.5. The van der Waals surface area contributed by atoms with Gasteiger partial charge in [0.05, 0.1) is 17.9 Å². The summed E-state index contributed by atoms with van der Waals surface area (Å²) in [6.07, 6.45) is 2.01. The van der Waals surface area contributed by atoms with Gasteiger partial charge in [-0.3, -0.25) is 0 Å². The topological polar surface area (TPSA) is 47.3 Å². The van der Waals surface area contributed by atoms with Crippen LogP contribution in [0, 0.1) is 17.1 Å². The Morgan fingerprint density at radius 2 is 2.18 bits per heavy atom. The summed E-state index contributed by atoms with van der Waals surface area (Å²) in [5.41, 5.74) is 1.01. The Morgan fingerprint density at radius 3 is 2.76 bits per heavy atom. The fraction of sp³-hybridized carbons (Fsp3) is 0.462. The molecule has 0 heterocycles. The lowest BCUT2D eigenvalue weighted by Gasteiger charge is -2.24. The van der Waals surface area contributed by atoms with Gasteiger partial charge >= 0.3 is 0 Å². The van der Waals surface area contributed by atoms with Gasteiger partial charge in [0.2, 0.25) is 0 Å². The molecule has 0 aliphatic rings. The molecule has 0 atom stereocenters. The standard InChI is InChI=1S/C13H17FN2O/c1-2-3-6-16(7-8-17)13-5-4-12(14)9-11(13)10-15/h4-5,9,17H,2-3,6-8H2,1H3. The van der Waals surface area contributed by atoms with Gasteiger partial charge in [0.25, 0.3) is 0 Å². The Morgan fingerprint density at radius 1 is 1.41 bits per heavy atom. The van der Waals surface area contributed by atoms with Crippen LogP contribution in [-0.2, 0) is 0 Å². The van der Waals surface area contributed by atoms with Gasteiger partial charge in [0.15, 0.2) is 0 Å². The van der Waals surface area contributed by atoms with Crippen LogP contribution < -0.4 is 4.90 Å². The van der Waals surface area contributed by atoms with E-state index in [1.165, 1.54) is 12.1 Å². The van der Waals surface area contributed by atoms with Crippen molar-refractivity contribution in [2.24, 2.45) is 0 Å². The largest absolute Gasteiger partial charge is 0.395 e. The van der Waals surface area contributed by atoms with Gasteiger partial charge in [-0.1, -0.05) is 13.3 Å². The number of hydrogen-bond donors (Lipinski definition) is 1. The highest BCUT2D eigenvalue weighted by molar-refractivity contribution is 5.59. The molecule has 0 radical (unpaired) electrons. The Balaban J connectivity index is 2.96. The van der Waals surface area contributed by atoms with E-state index in [0.717, 1.165) is 19.4 Å². The van der Waals surface area contributed by atoms with Crippen LogP contribution in [0.15, 0.2) is 18.2 Å². The first-order valence-electron chi connectivity index (χ1n) is 5.78. The van der Waals surface area contributed by atoms with Crippen molar-refractivity contribution in [1.29, 1.82) is 5.26 Å². The number of nitriles is 1. The van der Waals surface area contributed by atoms with Crippen molar-refractivity contribution in [3.63, 3.8) is 0 Å². The molecule has 0 fully saturated rings. The molecule has 0 aromatic heterocycles. The molecule has 1 rings (SSSR count). The number of hydrogen-bond acceptors (Lipinski definition) is 3. The highest BCUT2D eigenvalue weighted by atomic mass is 19.1. The maximum atomic E-state index is 13.0. The molecule has 0 spiro atoms. The van der Waals surface area contributed by atoms with Gasteiger partial charge in [-0.15, -0.1) is 0 Å². The normalized spacial score (nSPS) is 10.0. The van der Waals surface area contributed by atoms with Gasteiger partial charge in [-0.05, 0) is 24.6 Å². The van der Waals surface area contributed by atoms with Crippen molar-refractivity contribution in [3.8, 4) is 6.07 Å². The van der Waals surface area contributed by atoms with Crippen LogP contribution in [-0.4, -0.2) is 24.8 Å². The van der Waals surface area contributed by atoms with E-state index in [4.69, 9.17) is 10.4 Å². The Kier molecular flexibility index (Phi) is 5.44. The van der Waals surface area contributed by atoms with Crippen molar-refractivity contribution < 1.29 is 9.50 Å². The molecular weight excluding hydrogens is 219 g/mol. The Hall–Kier alpha value is -1.60. The minimum Gasteiger partial charge on any atom is -0.395 e. The lowest BCUT2D eigenvalue weighted by molar-refractivity contribution is 0.301. The molecule has 17 heavy (non-hydrogen) atoms. The van der Waals surface area contributed by atoms with E-state index in [-0.39, 0.29) is 6.61 Å². The second-order valence-corrected chi connectivity index (χ2v) is 3.84. The van der Waals surface area contributed by atoms with E-state index < -0.39 is 5.82 Å². The van der Waals surface area contributed by atoms with Gasteiger partial charge in [-0.25, -0.2) is 4.39 Å². The third-order valence-corrected chi connectivity index (χ3v) is 2.57. The fourth-order valence-corrected chi connectivity index (χ4v) is 1.70. The van der Waals surface area contributed by atoms with E-state index in [2.05, 4.69) is 6.92 Å². The van der Waals surface area contributed by atoms with Gasteiger partial charge in [0, 0.05) is 13.1 Å². The summed E-state index contributed by atoms with van der Waals surface area (Å²) < 4.78 is 13.0. The molecule has 1 N–H and O–H groups in total. The monoisotopic (exact) mass is 236 g/mol. The number of rotatable bonds is 6. The lowest BCUT2D eigenvalue weighted by atomic mass is 10.1. The van der Waals surface area contributed by atoms with Crippen molar-refractivity contribution in [2.45, 2.75) is 19.8 Å². The molecule has 0 unspecified atom stereocenters. The lowest BCUT2D eigenvalue weighted by Crippen LogP contribution is -2.28. The van der Waals surface area contributed by atoms with Crippen LogP contribution in [0.25, 0.3) is 0 Å². The Labute approximate surface area is 101 Å². The number of aliphatic hydroxyl groups excluding tert-OH is 1. The molecule has 1 aromatic carbocycles. The molecule has 0 amide bonds. The Bertz CT molecular complexity index is 401. The highest BCUT2D eigenvalue weighted by Gasteiger charge is 2.11. The highest BCUT2D eigenvalue weighted by Crippen LogP contribution is 2.21. The number of nitrogens with zero attached hydrogens (tertiary/aromatic N) is 2. The van der Waals surface area contributed by atoms with E-state index in [1.54, 1.807) is 6.07 Å². The summed E-state index contributed by atoms with van der Waals surface area (Å²) in [7, 11) is 0. The second kappa shape index (κ2) is 6.87. The summed E-state index contributed by atoms with van der Waals surface area (Å²) in [6.45, 7) is 3.32. The summed E-state index contributed by atoms with van der Waals surface area (Å²) in [5, 5.41) is 18.0. The minimum atomic E-state index is -0.412. The van der Waals surface area contributed by atoms with E-state index in [1.807, 2.05) is 11.0 Å². The van der Waals surface area contributed by atoms with Gasteiger partial charge in [-0.2, -0.15) is 5.26 Å². The third kappa shape index (κ3) is 3.72. The second-order valence-electron chi connectivity index (χ2n) is 3.84. The van der Waals surface area contributed by atoms with Gasteiger partial charge < -0.3 is 10.0 Å². The molecule has 0 bridgehead atoms. The quantitative estimate of drug-likeness (QED) is 0.824. The molecule has 0 saturated heterocycles. The first-order chi connectivity index (χ1) is 8.22. The van der Waals surface area contributed by atoms with Crippen LogP contribution in [0.4, 0.5) is 10.1 Å². The van der Waals surface area contributed by atoms with Crippen LogP contribution in [0.5, 0.6) is 0 Å². The zero-order valence-electron chi connectivity index (χ0n) is 9.99. The smallest absolute Gasteiger partial charge is 0.124 e. The number of aliphatic hydroxyl groups is 1. The minimum absolute atomic E-state index is 0.0198. The molecular formula is C13H17FN2O. The SMILES string of the molecule is CCCCN(CCO)c1ccc(F)cc1C#N. The van der Waals surface area contributed by atoms with Crippen LogP contribution in [0.2, 0.25) is 0 Å². The third-order valence-electron chi connectivity index (χ3n) is 2.57. The zero-order valence-corrected chi connectivity index (χ0v) is 9.99. The molecule has 92 valence electrons. The zero-order chi connectivity index (χ0) is 12.7. The van der Waals surface area contributed by atoms with Gasteiger partial charge in [0.1, 0.15) is 11.9 Å². The molecule has 0 saturated carbocycles. The maximum absolute atomic E-state index is 13.0. The van der Waals surface area contributed by atoms with E-state index >= 15 is 0 Å². The summed E-state index contributed by atoms with van der Waals surface area (Å²) in [4.78, 5) is 1.92. The average Bonchev–Trinajstić information content (AvgIpc) is 2.34. The van der Waals surface area contributed by atoms with Crippen molar-refractivity contribution in [1.82, 2.24) is 0 Å². The van der Waals surface area contributed by atoms with E-state index in [0.29, 0.717) is 17.8 Å². The van der Waals surface area contributed by atoms with Crippen LogP contribution >= 0.6 is 0 Å². The molecule has 0 aliphatic heterocycles. The van der Waals surface area contributed by atoms with Crippen LogP contribution in [0.3, 0.4) is 0 Å². The number of anilines is 1. The fourth-order valence-electron chi connectivity index (χ4n) is 1.70. The summed E-state index contributed by atoms with van der Waals surface area (Å²) >= 11 is 0. The van der Waals surface area contributed by atoms with Crippen molar-refractivity contribution in [3.05, 3.63) is 29.6 Å².